The summed E-state index contributed by atoms with van der Waals surface area (Å²) < 4.78 is 12.8. The van der Waals surface area contributed by atoms with E-state index in [0.29, 0.717) is 12.6 Å². The predicted octanol–water partition coefficient (Wildman–Crippen LogP) is 2.83. The number of hydrogen-bond acceptors (Lipinski definition) is 2. The third kappa shape index (κ3) is 5.31. The van der Waals surface area contributed by atoms with Gasteiger partial charge in [-0.05, 0) is 56.6 Å². The van der Waals surface area contributed by atoms with Crippen molar-refractivity contribution in [1.82, 2.24) is 10.2 Å². The van der Waals surface area contributed by atoms with Crippen molar-refractivity contribution in [3.63, 3.8) is 0 Å². The summed E-state index contributed by atoms with van der Waals surface area (Å²) in [5.41, 5.74) is 0.815. The fraction of sp³-hybridized carbons (Fsp3) is 0.471. The summed E-state index contributed by atoms with van der Waals surface area (Å²) in [6.45, 7) is 5.06. The molecule has 0 unspecified atom stereocenters. The molecular formula is C17H23FN2O. The molecule has 1 N–H and O–H groups in total. The summed E-state index contributed by atoms with van der Waals surface area (Å²) in [6, 6.07) is 6.44. The first kappa shape index (κ1) is 15.7. The van der Waals surface area contributed by atoms with Crippen LogP contribution in [0.15, 0.2) is 30.3 Å². The normalized spacial score (nSPS) is 17.8. The van der Waals surface area contributed by atoms with E-state index in [4.69, 9.17) is 0 Å². The topological polar surface area (TPSA) is 32.3 Å². The quantitative estimate of drug-likeness (QED) is 0.846. The Morgan fingerprint density at radius 3 is 2.62 bits per heavy atom. The van der Waals surface area contributed by atoms with Crippen molar-refractivity contribution in [3.8, 4) is 0 Å². The molecule has 2 rings (SSSR count). The lowest BCUT2D eigenvalue weighted by Crippen LogP contribution is -2.44. The molecule has 0 spiro atoms. The Labute approximate surface area is 125 Å². The van der Waals surface area contributed by atoms with Crippen LogP contribution >= 0.6 is 0 Å². The number of piperidine rings is 1. The smallest absolute Gasteiger partial charge is 0.244 e. The monoisotopic (exact) mass is 290 g/mol. The number of rotatable bonds is 5. The van der Waals surface area contributed by atoms with Gasteiger partial charge in [0.05, 0.1) is 0 Å². The maximum absolute atomic E-state index is 12.8. The van der Waals surface area contributed by atoms with Crippen LogP contribution in [0.25, 0.3) is 6.08 Å². The Hall–Kier alpha value is -1.68. The first-order valence-electron chi connectivity index (χ1n) is 7.60. The SMILES string of the molecule is C[C@@H](CNC(=O)/C=C/c1ccc(F)cc1)N1CCCCC1. The minimum Gasteiger partial charge on any atom is -0.351 e. The number of carbonyl (C=O) groups excluding carboxylic acids is 1. The third-order valence-corrected chi connectivity index (χ3v) is 3.88. The van der Waals surface area contributed by atoms with Crippen molar-refractivity contribution in [1.29, 1.82) is 0 Å². The van der Waals surface area contributed by atoms with Crippen molar-refractivity contribution in [2.75, 3.05) is 19.6 Å². The van der Waals surface area contributed by atoms with E-state index in [1.807, 2.05) is 0 Å². The third-order valence-electron chi connectivity index (χ3n) is 3.88. The molecular weight excluding hydrogens is 267 g/mol. The van der Waals surface area contributed by atoms with Gasteiger partial charge in [0.15, 0.2) is 0 Å². The van der Waals surface area contributed by atoms with Gasteiger partial charge >= 0.3 is 0 Å². The van der Waals surface area contributed by atoms with E-state index in [1.165, 1.54) is 37.5 Å². The lowest BCUT2D eigenvalue weighted by atomic mass is 10.1. The molecule has 1 aromatic rings. The molecule has 0 saturated carbocycles. The highest BCUT2D eigenvalue weighted by atomic mass is 19.1. The van der Waals surface area contributed by atoms with Gasteiger partial charge in [-0.3, -0.25) is 9.69 Å². The van der Waals surface area contributed by atoms with E-state index in [1.54, 1.807) is 18.2 Å². The minimum absolute atomic E-state index is 0.108. The Kier molecular flexibility index (Phi) is 5.93. The summed E-state index contributed by atoms with van der Waals surface area (Å²) in [7, 11) is 0. The summed E-state index contributed by atoms with van der Waals surface area (Å²) in [6.07, 6.45) is 7.01. The Bertz CT molecular complexity index is 478. The fourth-order valence-electron chi connectivity index (χ4n) is 2.54. The molecule has 0 radical (unpaired) electrons. The van der Waals surface area contributed by atoms with E-state index in [-0.39, 0.29) is 11.7 Å². The van der Waals surface area contributed by atoms with Crippen LogP contribution in [-0.4, -0.2) is 36.5 Å². The average Bonchev–Trinajstić information content (AvgIpc) is 2.53. The van der Waals surface area contributed by atoms with Crippen LogP contribution in [0.5, 0.6) is 0 Å². The van der Waals surface area contributed by atoms with Gasteiger partial charge in [-0.1, -0.05) is 18.6 Å². The first-order valence-corrected chi connectivity index (χ1v) is 7.60. The van der Waals surface area contributed by atoms with Crippen LogP contribution in [0.1, 0.15) is 31.7 Å². The fourth-order valence-corrected chi connectivity index (χ4v) is 2.54. The number of nitrogens with zero attached hydrogens (tertiary/aromatic N) is 1. The molecule has 1 aliphatic rings. The summed E-state index contributed by atoms with van der Waals surface area (Å²) >= 11 is 0. The highest BCUT2D eigenvalue weighted by molar-refractivity contribution is 5.91. The number of hydrogen-bond donors (Lipinski definition) is 1. The molecule has 4 heteroatoms. The summed E-state index contributed by atoms with van der Waals surface area (Å²) in [5, 5.41) is 2.92. The van der Waals surface area contributed by atoms with Gasteiger partial charge in [0.25, 0.3) is 0 Å². The molecule has 114 valence electrons. The molecule has 1 heterocycles. The molecule has 1 fully saturated rings. The number of nitrogens with one attached hydrogen (secondary N) is 1. The Morgan fingerprint density at radius 2 is 1.95 bits per heavy atom. The van der Waals surface area contributed by atoms with Gasteiger partial charge < -0.3 is 5.32 Å². The Balaban J connectivity index is 1.75. The molecule has 21 heavy (non-hydrogen) atoms. The molecule has 1 saturated heterocycles. The van der Waals surface area contributed by atoms with Crippen molar-refractivity contribution < 1.29 is 9.18 Å². The van der Waals surface area contributed by atoms with Gasteiger partial charge in [-0.25, -0.2) is 4.39 Å². The van der Waals surface area contributed by atoms with Crippen LogP contribution in [0, 0.1) is 5.82 Å². The van der Waals surface area contributed by atoms with Crippen LogP contribution in [-0.2, 0) is 4.79 Å². The highest BCUT2D eigenvalue weighted by Crippen LogP contribution is 2.11. The standard InChI is InChI=1S/C17H23FN2O/c1-14(20-11-3-2-4-12-20)13-19-17(21)10-7-15-5-8-16(18)9-6-15/h5-10,14H,2-4,11-13H2,1H3,(H,19,21)/b10-7+/t14-/m0/s1. The predicted molar refractivity (Wildman–Crippen MR) is 83.3 cm³/mol. The number of likely N-dealkylation sites (tertiary alicyclic amines) is 1. The lowest BCUT2D eigenvalue weighted by molar-refractivity contribution is -0.116. The van der Waals surface area contributed by atoms with Crippen molar-refractivity contribution in [2.24, 2.45) is 0 Å². The second kappa shape index (κ2) is 7.93. The van der Waals surface area contributed by atoms with Gasteiger partial charge in [-0.2, -0.15) is 0 Å². The number of halogens is 1. The maximum Gasteiger partial charge on any atom is 0.244 e. The lowest BCUT2D eigenvalue weighted by Gasteiger charge is -2.32. The molecule has 3 nitrogen and oxygen atoms in total. The second-order valence-corrected chi connectivity index (χ2v) is 5.58. The zero-order valence-corrected chi connectivity index (χ0v) is 12.5. The van der Waals surface area contributed by atoms with Crippen LogP contribution in [0.2, 0.25) is 0 Å². The van der Waals surface area contributed by atoms with Gasteiger partial charge in [0, 0.05) is 18.7 Å². The van der Waals surface area contributed by atoms with E-state index in [0.717, 1.165) is 18.7 Å². The summed E-state index contributed by atoms with van der Waals surface area (Å²) in [5.74, 6) is -0.379. The van der Waals surface area contributed by atoms with E-state index in [2.05, 4.69) is 17.1 Å². The zero-order chi connectivity index (χ0) is 15.1. The minimum atomic E-state index is -0.271. The van der Waals surface area contributed by atoms with Crippen molar-refractivity contribution >= 4 is 12.0 Å². The molecule has 1 aliphatic heterocycles. The van der Waals surface area contributed by atoms with Gasteiger partial charge in [-0.15, -0.1) is 0 Å². The molecule has 0 aliphatic carbocycles. The number of carbonyl (C=O) groups is 1. The zero-order valence-electron chi connectivity index (χ0n) is 12.5. The average molecular weight is 290 g/mol. The summed E-state index contributed by atoms with van der Waals surface area (Å²) in [4.78, 5) is 14.2. The van der Waals surface area contributed by atoms with Crippen LogP contribution in [0.4, 0.5) is 4.39 Å². The molecule has 1 amide bonds. The van der Waals surface area contributed by atoms with Gasteiger partial charge in [0.1, 0.15) is 5.82 Å². The number of benzene rings is 1. The Morgan fingerprint density at radius 1 is 1.29 bits per heavy atom. The number of amides is 1. The van der Waals surface area contributed by atoms with Crippen LogP contribution < -0.4 is 5.32 Å². The highest BCUT2D eigenvalue weighted by Gasteiger charge is 2.16. The second-order valence-electron chi connectivity index (χ2n) is 5.58. The van der Waals surface area contributed by atoms with Gasteiger partial charge in [0.2, 0.25) is 5.91 Å². The van der Waals surface area contributed by atoms with Crippen molar-refractivity contribution in [2.45, 2.75) is 32.2 Å². The van der Waals surface area contributed by atoms with E-state index in [9.17, 15) is 9.18 Å². The largest absolute Gasteiger partial charge is 0.351 e. The van der Waals surface area contributed by atoms with E-state index >= 15 is 0 Å². The molecule has 0 bridgehead atoms. The van der Waals surface area contributed by atoms with Crippen molar-refractivity contribution in [3.05, 3.63) is 41.7 Å². The molecule has 1 aromatic carbocycles. The molecule has 1 atom stereocenters. The maximum atomic E-state index is 12.8. The van der Waals surface area contributed by atoms with E-state index < -0.39 is 0 Å². The van der Waals surface area contributed by atoms with Crippen LogP contribution in [0.3, 0.4) is 0 Å². The molecule has 0 aromatic heterocycles. The first-order chi connectivity index (χ1) is 10.1.